The van der Waals surface area contributed by atoms with Crippen LogP contribution in [0.5, 0.6) is 0 Å². The summed E-state index contributed by atoms with van der Waals surface area (Å²) in [6, 6.07) is 29.0. The smallest absolute Gasteiger partial charge is 0.141 e. The van der Waals surface area contributed by atoms with Crippen LogP contribution in [0.2, 0.25) is 0 Å². The van der Waals surface area contributed by atoms with E-state index in [2.05, 4.69) is 84.3 Å². The highest BCUT2D eigenvalue weighted by Crippen LogP contribution is 2.26. The fourth-order valence-electron chi connectivity index (χ4n) is 2.99. The van der Waals surface area contributed by atoms with Crippen LogP contribution in [0.15, 0.2) is 84.9 Å². The monoisotopic (exact) mass is 346 g/mol. The van der Waals surface area contributed by atoms with Crippen molar-refractivity contribution < 1.29 is 0 Å². The second-order valence-electron chi connectivity index (χ2n) is 5.83. The largest absolute Gasteiger partial charge is 0.293 e. The molecular weight excluding hydrogens is 328 g/mol. The van der Waals surface area contributed by atoms with Crippen LogP contribution in [-0.4, -0.2) is 9.55 Å². The Kier molecular flexibility index (Phi) is 5.01. The highest BCUT2D eigenvalue weighted by atomic mass is 35.5. The lowest BCUT2D eigenvalue weighted by atomic mass is 10.1. The molecule has 0 N–H and O–H groups in total. The summed E-state index contributed by atoms with van der Waals surface area (Å²) in [4.78, 5) is 4.88. The molecule has 124 valence electrons. The van der Waals surface area contributed by atoms with Crippen molar-refractivity contribution >= 4 is 35.1 Å². The molecule has 1 heterocycles. The topological polar surface area (TPSA) is 17.8 Å². The molecule has 1 aromatic heterocycles. The number of aromatic nitrogens is 2. The summed E-state index contributed by atoms with van der Waals surface area (Å²) in [5.74, 6) is 0.978. The Labute approximate surface area is 153 Å². The van der Waals surface area contributed by atoms with Crippen LogP contribution in [0.25, 0.3) is 28.4 Å². The van der Waals surface area contributed by atoms with Gasteiger partial charge in [-0.1, -0.05) is 60.7 Å². The molecule has 25 heavy (non-hydrogen) atoms. The van der Waals surface area contributed by atoms with Gasteiger partial charge in [0.1, 0.15) is 5.82 Å². The number of allylic oxidation sites excluding steroid dienone is 1. The number of rotatable bonds is 3. The van der Waals surface area contributed by atoms with Gasteiger partial charge in [0.2, 0.25) is 0 Å². The molecule has 2 nitrogen and oxygen atoms in total. The SMILES string of the molecule is C/C(=C/c1ccccc1)c1nc2ccccc2n1-c1ccccc1.Cl. The van der Waals surface area contributed by atoms with Crippen molar-refractivity contribution in [2.75, 3.05) is 0 Å². The van der Waals surface area contributed by atoms with Gasteiger partial charge in [0.25, 0.3) is 0 Å². The van der Waals surface area contributed by atoms with Gasteiger partial charge in [0.05, 0.1) is 11.0 Å². The zero-order chi connectivity index (χ0) is 16.4. The third kappa shape index (κ3) is 3.35. The molecule has 0 spiro atoms. The van der Waals surface area contributed by atoms with Crippen molar-refractivity contribution in [2.45, 2.75) is 6.92 Å². The predicted molar refractivity (Wildman–Crippen MR) is 108 cm³/mol. The van der Waals surface area contributed by atoms with Crippen molar-refractivity contribution in [3.63, 3.8) is 0 Å². The van der Waals surface area contributed by atoms with Gasteiger partial charge in [-0.2, -0.15) is 0 Å². The summed E-state index contributed by atoms with van der Waals surface area (Å²) in [5, 5.41) is 0. The number of benzene rings is 3. The van der Waals surface area contributed by atoms with E-state index in [0.717, 1.165) is 28.1 Å². The molecule has 0 saturated heterocycles. The van der Waals surface area contributed by atoms with Gasteiger partial charge in [-0.05, 0) is 48.4 Å². The minimum absolute atomic E-state index is 0. The summed E-state index contributed by atoms with van der Waals surface area (Å²) in [5.41, 5.74) is 5.58. The van der Waals surface area contributed by atoms with E-state index in [1.807, 2.05) is 18.2 Å². The molecule has 0 unspecified atom stereocenters. The quantitative estimate of drug-likeness (QED) is 0.444. The second-order valence-corrected chi connectivity index (χ2v) is 5.83. The maximum Gasteiger partial charge on any atom is 0.141 e. The first-order chi connectivity index (χ1) is 11.8. The normalized spacial score (nSPS) is 11.3. The average molecular weight is 347 g/mol. The summed E-state index contributed by atoms with van der Waals surface area (Å²) in [6.07, 6.45) is 2.18. The fraction of sp³-hybridized carbons (Fsp3) is 0.0455. The van der Waals surface area contributed by atoms with E-state index in [0.29, 0.717) is 0 Å². The zero-order valence-electron chi connectivity index (χ0n) is 14.0. The number of para-hydroxylation sites is 3. The third-order valence-corrected chi connectivity index (χ3v) is 4.11. The number of fused-ring (bicyclic) bond motifs is 1. The van der Waals surface area contributed by atoms with E-state index in [9.17, 15) is 0 Å². The van der Waals surface area contributed by atoms with Gasteiger partial charge in [-0.15, -0.1) is 12.4 Å². The van der Waals surface area contributed by atoms with Crippen molar-refractivity contribution in [2.24, 2.45) is 0 Å². The molecule has 0 aliphatic carbocycles. The molecule has 3 aromatic carbocycles. The predicted octanol–water partition coefficient (Wildman–Crippen LogP) is 6.01. The lowest BCUT2D eigenvalue weighted by Crippen LogP contribution is -1.99. The molecule has 0 atom stereocenters. The van der Waals surface area contributed by atoms with E-state index in [4.69, 9.17) is 4.98 Å². The van der Waals surface area contributed by atoms with Gasteiger partial charge >= 0.3 is 0 Å². The first-order valence-corrected chi connectivity index (χ1v) is 8.09. The number of nitrogens with zero attached hydrogens (tertiary/aromatic N) is 2. The van der Waals surface area contributed by atoms with Crippen molar-refractivity contribution in [1.82, 2.24) is 9.55 Å². The Morgan fingerprint density at radius 1 is 0.800 bits per heavy atom. The molecule has 3 heteroatoms. The standard InChI is InChI=1S/C22H18N2.ClH/c1-17(16-18-10-4-2-5-11-18)22-23-20-14-8-9-15-21(20)24(22)19-12-6-3-7-13-19;/h2-16H,1H3;1H/b17-16-;. The van der Waals surface area contributed by atoms with Gasteiger partial charge in [0, 0.05) is 5.69 Å². The average Bonchev–Trinajstić information content (AvgIpc) is 3.03. The van der Waals surface area contributed by atoms with Crippen molar-refractivity contribution in [1.29, 1.82) is 0 Å². The van der Waals surface area contributed by atoms with Crippen molar-refractivity contribution in [3.8, 4) is 5.69 Å². The van der Waals surface area contributed by atoms with Crippen LogP contribution >= 0.6 is 12.4 Å². The highest BCUT2D eigenvalue weighted by molar-refractivity contribution is 5.86. The lowest BCUT2D eigenvalue weighted by molar-refractivity contribution is 1.05. The molecule has 0 radical (unpaired) electrons. The molecule has 0 fully saturated rings. The number of imidazole rings is 1. The number of hydrogen-bond donors (Lipinski definition) is 0. The minimum Gasteiger partial charge on any atom is -0.293 e. The van der Waals surface area contributed by atoms with E-state index >= 15 is 0 Å². The van der Waals surface area contributed by atoms with Gasteiger partial charge in [-0.25, -0.2) is 4.98 Å². The summed E-state index contributed by atoms with van der Waals surface area (Å²) < 4.78 is 2.23. The Morgan fingerprint density at radius 3 is 2.12 bits per heavy atom. The van der Waals surface area contributed by atoms with E-state index < -0.39 is 0 Å². The first kappa shape index (κ1) is 17.0. The molecule has 4 rings (SSSR count). The Bertz CT molecular complexity index is 1000. The summed E-state index contributed by atoms with van der Waals surface area (Å²) in [6.45, 7) is 2.12. The van der Waals surface area contributed by atoms with Crippen LogP contribution in [0, 0.1) is 0 Å². The van der Waals surface area contributed by atoms with Gasteiger partial charge in [-0.3, -0.25) is 4.57 Å². The first-order valence-electron chi connectivity index (χ1n) is 8.09. The van der Waals surface area contributed by atoms with Gasteiger partial charge in [0.15, 0.2) is 0 Å². The summed E-state index contributed by atoms with van der Waals surface area (Å²) in [7, 11) is 0. The van der Waals surface area contributed by atoms with Crippen LogP contribution in [0.3, 0.4) is 0 Å². The van der Waals surface area contributed by atoms with E-state index in [1.54, 1.807) is 0 Å². The third-order valence-electron chi connectivity index (χ3n) is 4.11. The second kappa shape index (κ2) is 7.37. The maximum atomic E-state index is 4.88. The molecular formula is C22H19ClN2. The lowest BCUT2D eigenvalue weighted by Gasteiger charge is -2.09. The van der Waals surface area contributed by atoms with Crippen molar-refractivity contribution in [3.05, 3.63) is 96.3 Å². The minimum atomic E-state index is 0. The van der Waals surface area contributed by atoms with Crippen LogP contribution in [0.1, 0.15) is 18.3 Å². The zero-order valence-corrected chi connectivity index (χ0v) is 14.8. The summed E-state index contributed by atoms with van der Waals surface area (Å²) >= 11 is 0. The molecule has 0 aliphatic rings. The molecule has 0 aliphatic heterocycles. The van der Waals surface area contributed by atoms with E-state index in [1.165, 1.54) is 5.56 Å². The number of halogens is 1. The Balaban J connectivity index is 0.00000182. The maximum absolute atomic E-state index is 4.88. The van der Waals surface area contributed by atoms with Crippen LogP contribution in [-0.2, 0) is 0 Å². The highest BCUT2D eigenvalue weighted by Gasteiger charge is 2.13. The Hall–Kier alpha value is -2.84. The van der Waals surface area contributed by atoms with Crippen LogP contribution < -0.4 is 0 Å². The molecule has 0 bridgehead atoms. The van der Waals surface area contributed by atoms with Crippen LogP contribution in [0.4, 0.5) is 0 Å². The van der Waals surface area contributed by atoms with E-state index in [-0.39, 0.29) is 12.4 Å². The molecule has 0 saturated carbocycles. The molecule has 0 amide bonds. The fourth-order valence-corrected chi connectivity index (χ4v) is 2.99. The Morgan fingerprint density at radius 2 is 1.40 bits per heavy atom. The number of hydrogen-bond acceptors (Lipinski definition) is 1. The molecule has 4 aromatic rings. The van der Waals surface area contributed by atoms with Gasteiger partial charge < -0.3 is 0 Å².